The third-order valence-corrected chi connectivity index (χ3v) is 2.65. The average molecular weight is 228 g/mol. The molecule has 1 rings (SSSR count). The summed E-state index contributed by atoms with van der Waals surface area (Å²) in [4.78, 5) is 0. The first kappa shape index (κ1) is 12.5. The number of nitrogens with one attached hydrogen (secondary N) is 1. The minimum Gasteiger partial charge on any atom is -0.391 e. The van der Waals surface area contributed by atoms with Crippen LogP contribution in [-0.4, -0.2) is 24.3 Å². The van der Waals surface area contributed by atoms with E-state index < -0.39 is 0 Å². The molecule has 0 aliphatic carbocycles. The molecule has 1 aromatic carbocycles. The molecule has 1 aromatic rings. The van der Waals surface area contributed by atoms with Crippen LogP contribution in [-0.2, 0) is 6.42 Å². The average Bonchev–Trinajstić information content (AvgIpc) is 2.19. The molecule has 0 aromatic heterocycles. The topological polar surface area (TPSA) is 32.3 Å². The molecule has 0 saturated heterocycles. The fourth-order valence-electron chi connectivity index (χ4n) is 1.45. The van der Waals surface area contributed by atoms with Crippen molar-refractivity contribution in [2.45, 2.75) is 26.4 Å². The van der Waals surface area contributed by atoms with Gasteiger partial charge in [0.05, 0.1) is 6.10 Å². The Morgan fingerprint density at radius 1 is 1.47 bits per heavy atom. The van der Waals surface area contributed by atoms with E-state index in [2.05, 4.69) is 5.32 Å². The lowest BCUT2D eigenvalue weighted by molar-refractivity contribution is 0.173. The minimum atomic E-state index is -0.370. The molecule has 2 nitrogen and oxygen atoms in total. The zero-order valence-electron chi connectivity index (χ0n) is 9.26. The monoisotopic (exact) mass is 227 g/mol. The van der Waals surface area contributed by atoms with Crippen LogP contribution in [0.15, 0.2) is 18.2 Å². The Bertz CT molecular complexity index is 314. The van der Waals surface area contributed by atoms with Crippen LogP contribution in [0.2, 0.25) is 5.02 Å². The number of likely N-dealkylation sites (N-methyl/N-ethyl adjacent to an activating group) is 1. The van der Waals surface area contributed by atoms with Gasteiger partial charge in [0.15, 0.2) is 0 Å². The van der Waals surface area contributed by atoms with Crippen molar-refractivity contribution in [1.82, 2.24) is 5.32 Å². The van der Waals surface area contributed by atoms with Crippen molar-refractivity contribution in [2.24, 2.45) is 0 Å². The van der Waals surface area contributed by atoms with Crippen LogP contribution in [0.4, 0.5) is 0 Å². The lowest BCUT2D eigenvalue weighted by Gasteiger charge is -2.12. The number of aliphatic hydroxyl groups excluding tert-OH is 1. The Labute approximate surface area is 96.3 Å². The first-order valence-electron chi connectivity index (χ1n) is 5.27. The fraction of sp³-hybridized carbons (Fsp3) is 0.500. The van der Waals surface area contributed by atoms with Gasteiger partial charge in [0.25, 0.3) is 0 Å². The lowest BCUT2D eigenvalue weighted by Crippen LogP contribution is -2.28. The highest BCUT2D eigenvalue weighted by molar-refractivity contribution is 6.31. The summed E-state index contributed by atoms with van der Waals surface area (Å²) in [5.41, 5.74) is 2.15. The fourth-order valence-corrected chi connectivity index (χ4v) is 1.77. The Morgan fingerprint density at radius 3 is 2.80 bits per heavy atom. The molecule has 1 atom stereocenters. The maximum Gasteiger partial charge on any atom is 0.0705 e. The van der Waals surface area contributed by atoms with Crippen LogP contribution in [0.1, 0.15) is 18.1 Å². The standard InChI is InChI=1S/C12H18ClNO/c1-3-14-8-11(15)7-10-5-4-9(2)6-12(10)13/h4-6,11,14-15H,3,7-8H2,1-2H3. The molecular weight excluding hydrogens is 210 g/mol. The number of rotatable bonds is 5. The Hall–Kier alpha value is -0.570. The molecule has 0 bridgehead atoms. The number of aliphatic hydroxyl groups is 1. The molecule has 0 heterocycles. The lowest BCUT2D eigenvalue weighted by atomic mass is 10.1. The highest BCUT2D eigenvalue weighted by atomic mass is 35.5. The van der Waals surface area contributed by atoms with Gasteiger partial charge in [0.1, 0.15) is 0 Å². The highest BCUT2D eigenvalue weighted by Crippen LogP contribution is 2.18. The van der Waals surface area contributed by atoms with Crippen molar-refractivity contribution in [1.29, 1.82) is 0 Å². The van der Waals surface area contributed by atoms with Crippen LogP contribution in [0.25, 0.3) is 0 Å². The van der Waals surface area contributed by atoms with Crippen molar-refractivity contribution in [3.63, 3.8) is 0 Å². The van der Waals surface area contributed by atoms with Gasteiger partial charge in [-0.25, -0.2) is 0 Å². The SMILES string of the molecule is CCNCC(O)Cc1ccc(C)cc1Cl. The van der Waals surface area contributed by atoms with E-state index in [0.29, 0.717) is 13.0 Å². The third kappa shape index (κ3) is 4.20. The maximum absolute atomic E-state index is 9.71. The summed E-state index contributed by atoms with van der Waals surface area (Å²) in [6.45, 7) is 5.51. The van der Waals surface area contributed by atoms with Gasteiger partial charge in [0.2, 0.25) is 0 Å². The zero-order chi connectivity index (χ0) is 11.3. The highest BCUT2D eigenvalue weighted by Gasteiger charge is 2.07. The molecule has 0 aliphatic heterocycles. The van der Waals surface area contributed by atoms with Gasteiger partial charge in [0, 0.05) is 18.0 Å². The minimum absolute atomic E-state index is 0.370. The van der Waals surface area contributed by atoms with E-state index in [-0.39, 0.29) is 6.10 Å². The number of halogens is 1. The summed E-state index contributed by atoms with van der Waals surface area (Å²) in [6, 6.07) is 5.92. The second-order valence-corrected chi connectivity index (χ2v) is 4.17. The van der Waals surface area contributed by atoms with Gasteiger partial charge in [-0.15, -0.1) is 0 Å². The van der Waals surface area contributed by atoms with Crippen LogP contribution in [0, 0.1) is 6.92 Å². The summed E-state index contributed by atoms with van der Waals surface area (Å²) in [7, 11) is 0. The van der Waals surface area contributed by atoms with Crippen molar-refractivity contribution < 1.29 is 5.11 Å². The van der Waals surface area contributed by atoms with Gasteiger partial charge >= 0.3 is 0 Å². The van der Waals surface area contributed by atoms with E-state index in [9.17, 15) is 5.11 Å². The number of benzene rings is 1. The van der Waals surface area contributed by atoms with Gasteiger partial charge in [-0.3, -0.25) is 0 Å². The van der Waals surface area contributed by atoms with Gasteiger partial charge < -0.3 is 10.4 Å². The van der Waals surface area contributed by atoms with Crippen molar-refractivity contribution in [3.05, 3.63) is 34.3 Å². The van der Waals surface area contributed by atoms with Crippen molar-refractivity contribution in [3.8, 4) is 0 Å². The van der Waals surface area contributed by atoms with E-state index in [0.717, 1.165) is 22.7 Å². The molecule has 0 aliphatic rings. The molecular formula is C12H18ClNO. The van der Waals surface area contributed by atoms with Crippen LogP contribution in [0.5, 0.6) is 0 Å². The Balaban J connectivity index is 2.56. The maximum atomic E-state index is 9.71. The molecule has 0 amide bonds. The first-order valence-corrected chi connectivity index (χ1v) is 5.65. The van der Waals surface area contributed by atoms with Crippen LogP contribution < -0.4 is 5.32 Å². The zero-order valence-corrected chi connectivity index (χ0v) is 10.0. The Morgan fingerprint density at radius 2 is 2.20 bits per heavy atom. The first-order chi connectivity index (χ1) is 7.13. The van der Waals surface area contributed by atoms with Gasteiger partial charge in [-0.05, 0) is 30.7 Å². The van der Waals surface area contributed by atoms with E-state index in [1.54, 1.807) is 0 Å². The molecule has 0 saturated carbocycles. The van der Waals surface area contributed by atoms with E-state index in [4.69, 9.17) is 11.6 Å². The molecule has 84 valence electrons. The van der Waals surface area contributed by atoms with E-state index in [1.807, 2.05) is 32.0 Å². The van der Waals surface area contributed by atoms with Crippen molar-refractivity contribution in [2.75, 3.05) is 13.1 Å². The predicted molar refractivity (Wildman–Crippen MR) is 64.4 cm³/mol. The van der Waals surface area contributed by atoms with Crippen molar-refractivity contribution >= 4 is 11.6 Å². The molecule has 0 radical (unpaired) electrons. The summed E-state index contributed by atoms with van der Waals surface area (Å²) in [6.07, 6.45) is 0.233. The molecule has 3 heteroatoms. The second-order valence-electron chi connectivity index (χ2n) is 3.76. The quantitative estimate of drug-likeness (QED) is 0.808. The normalized spacial score (nSPS) is 12.8. The van der Waals surface area contributed by atoms with Gasteiger partial charge in [-0.2, -0.15) is 0 Å². The smallest absolute Gasteiger partial charge is 0.0705 e. The van der Waals surface area contributed by atoms with Crippen LogP contribution >= 0.6 is 11.6 Å². The third-order valence-electron chi connectivity index (χ3n) is 2.29. The number of aryl methyl sites for hydroxylation is 1. The summed E-state index contributed by atoms with van der Waals surface area (Å²) in [5, 5.41) is 13.6. The molecule has 1 unspecified atom stereocenters. The Kier molecular flexibility index (Phi) is 5.09. The summed E-state index contributed by atoms with van der Waals surface area (Å²) >= 11 is 6.08. The summed E-state index contributed by atoms with van der Waals surface area (Å²) < 4.78 is 0. The molecule has 2 N–H and O–H groups in total. The van der Waals surface area contributed by atoms with E-state index in [1.165, 1.54) is 0 Å². The molecule has 15 heavy (non-hydrogen) atoms. The predicted octanol–water partition coefficient (Wildman–Crippen LogP) is 2.16. The van der Waals surface area contributed by atoms with Gasteiger partial charge in [-0.1, -0.05) is 30.7 Å². The number of hydrogen-bond donors (Lipinski definition) is 2. The summed E-state index contributed by atoms with van der Waals surface area (Å²) in [5.74, 6) is 0. The molecule has 0 spiro atoms. The number of hydrogen-bond acceptors (Lipinski definition) is 2. The largest absolute Gasteiger partial charge is 0.391 e. The molecule has 0 fully saturated rings. The van der Waals surface area contributed by atoms with E-state index >= 15 is 0 Å². The van der Waals surface area contributed by atoms with Crippen LogP contribution in [0.3, 0.4) is 0 Å². The second kappa shape index (κ2) is 6.11.